The molecule has 0 bridgehead atoms. The van der Waals surface area contributed by atoms with Crippen LogP contribution in [0, 0.1) is 4.77 Å². The third kappa shape index (κ3) is 4.06. The zero-order valence-corrected chi connectivity index (χ0v) is 17.8. The highest BCUT2D eigenvalue weighted by Gasteiger charge is 2.28. The molecule has 1 aliphatic heterocycles. The summed E-state index contributed by atoms with van der Waals surface area (Å²) in [5, 5.41) is 4.54. The van der Waals surface area contributed by atoms with Crippen LogP contribution in [0.4, 0.5) is 0 Å². The van der Waals surface area contributed by atoms with E-state index in [-0.39, 0.29) is 4.90 Å². The first-order valence-electron chi connectivity index (χ1n) is 9.48. The van der Waals surface area contributed by atoms with Gasteiger partial charge in [-0.25, -0.2) is 13.1 Å². The molecule has 0 atom stereocenters. The first kappa shape index (κ1) is 20.0. The van der Waals surface area contributed by atoms with Gasteiger partial charge in [0.25, 0.3) is 0 Å². The minimum absolute atomic E-state index is 0.289. The highest BCUT2D eigenvalue weighted by Crippen LogP contribution is 2.21. The average molecular weight is 434 g/mol. The molecule has 1 fully saturated rings. The minimum atomic E-state index is -3.51. The van der Waals surface area contributed by atoms with Crippen LogP contribution in [0.1, 0.15) is 6.92 Å². The number of fused-ring (bicyclic) bond motifs is 1. The summed E-state index contributed by atoms with van der Waals surface area (Å²) in [7, 11) is -3.51. The van der Waals surface area contributed by atoms with E-state index in [1.54, 1.807) is 28.9 Å². The van der Waals surface area contributed by atoms with Gasteiger partial charge in [-0.2, -0.15) is 9.40 Å². The molecule has 0 spiro atoms. The fourth-order valence-corrected chi connectivity index (χ4v) is 5.06. The molecule has 1 aromatic carbocycles. The van der Waals surface area contributed by atoms with E-state index < -0.39 is 10.0 Å². The first-order chi connectivity index (χ1) is 14.0. The van der Waals surface area contributed by atoms with Gasteiger partial charge in [0.2, 0.25) is 14.8 Å². The normalized spacial score (nSPS) is 16.3. The lowest BCUT2D eigenvalue weighted by Crippen LogP contribution is -2.48. The van der Waals surface area contributed by atoms with Gasteiger partial charge in [-0.1, -0.05) is 6.07 Å². The summed E-state index contributed by atoms with van der Waals surface area (Å²) in [6, 6.07) is 12.3. The van der Waals surface area contributed by atoms with Crippen LogP contribution in [-0.2, 0) is 16.7 Å². The number of sulfonamides is 1. The third-order valence-corrected chi connectivity index (χ3v) is 7.25. The summed E-state index contributed by atoms with van der Waals surface area (Å²) in [6.07, 6.45) is 1.89. The second-order valence-corrected chi connectivity index (χ2v) is 9.08. The van der Waals surface area contributed by atoms with E-state index in [0.29, 0.717) is 50.0 Å². The van der Waals surface area contributed by atoms with Crippen molar-refractivity contribution < 1.29 is 13.2 Å². The summed E-state index contributed by atoms with van der Waals surface area (Å²) < 4.78 is 37.0. The van der Waals surface area contributed by atoms with Crippen LogP contribution in [0.5, 0.6) is 5.75 Å². The van der Waals surface area contributed by atoms with Crippen LogP contribution in [0.3, 0.4) is 0 Å². The zero-order chi connectivity index (χ0) is 20.4. The van der Waals surface area contributed by atoms with Crippen molar-refractivity contribution in [1.82, 2.24) is 23.4 Å². The lowest BCUT2D eigenvalue weighted by Gasteiger charge is -2.33. The standard InChI is InChI=1S/C19H23N5O3S2/c1-2-27-16-6-8-17(9-7-16)29(25,26)22-13-11-21(12-14-22)15-24-19(28)23-10-4-3-5-18(23)20-24/h3-10H,2,11-15H2,1H3. The van der Waals surface area contributed by atoms with E-state index in [0.717, 1.165) is 5.65 Å². The van der Waals surface area contributed by atoms with Gasteiger partial charge in [0.15, 0.2) is 5.65 Å². The van der Waals surface area contributed by atoms with Crippen molar-refractivity contribution in [2.75, 3.05) is 32.8 Å². The van der Waals surface area contributed by atoms with Crippen molar-refractivity contribution in [2.24, 2.45) is 0 Å². The predicted octanol–water partition coefficient (Wildman–Crippen LogP) is 2.23. The predicted molar refractivity (Wildman–Crippen MR) is 112 cm³/mol. The zero-order valence-electron chi connectivity index (χ0n) is 16.1. The van der Waals surface area contributed by atoms with Gasteiger partial charge in [0, 0.05) is 32.4 Å². The summed E-state index contributed by atoms with van der Waals surface area (Å²) in [5.74, 6) is 0.667. The van der Waals surface area contributed by atoms with Crippen LogP contribution >= 0.6 is 12.2 Å². The molecule has 0 radical (unpaired) electrons. The molecule has 0 amide bonds. The van der Waals surface area contributed by atoms with Gasteiger partial charge < -0.3 is 4.74 Å². The van der Waals surface area contributed by atoms with Gasteiger partial charge in [-0.15, -0.1) is 0 Å². The number of ether oxygens (including phenoxy) is 1. The topological polar surface area (TPSA) is 72.1 Å². The van der Waals surface area contributed by atoms with Gasteiger partial charge in [-0.05, 0) is 55.5 Å². The second kappa shape index (κ2) is 8.23. The highest BCUT2D eigenvalue weighted by atomic mass is 32.2. The maximum Gasteiger partial charge on any atom is 0.243 e. The Hall–Kier alpha value is -2.27. The minimum Gasteiger partial charge on any atom is -0.494 e. The molecule has 4 rings (SSSR count). The number of benzene rings is 1. The Morgan fingerprint density at radius 3 is 2.45 bits per heavy atom. The van der Waals surface area contributed by atoms with Crippen molar-refractivity contribution >= 4 is 27.9 Å². The third-order valence-electron chi connectivity index (χ3n) is 4.93. The Balaban J connectivity index is 1.41. The molecule has 1 aliphatic rings. The van der Waals surface area contributed by atoms with Gasteiger partial charge in [-0.3, -0.25) is 9.30 Å². The maximum atomic E-state index is 12.9. The van der Waals surface area contributed by atoms with Crippen LogP contribution in [-0.4, -0.2) is 64.6 Å². The molecule has 154 valence electrons. The fourth-order valence-electron chi connectivity index (χ4n) is 3.38. The molecule has 8 nitrogen and oxygen atoms in total. The average Bonchev–Trinajstić information content (AvgIpc) is 3.05. The Labute approximate surface area is 175 Å². The number of nitrogens with zero attached hydrogens (tertiary/aromatic N) is 5. The van der Waals surface area contributed by atoms with E-state index in [9.17, 15) is 8.42 Å². The van der Waals surface area contributed by atoms with Crippen molar-refractivity contribution in [2.45, 2.75) is 18.5 Å². The molecule has 3 aromatic rings. The van der Waals surface area contributed by atoms with Crippen LogP contribution in [0.25, 0.3) is 5.65 Å². The van der Waals surface area contributed by atoms with Crippen LogP contribution in [0.2, 0.25) is 0 Å². The summed E-state index contributed by atoms with van der Waals surface area (Å²) in [6.45, 7) is 5.07. The van der Waals surface area contributed by atoms with E-state index in [2.05, 4.69) is 10.00 Å². The molecule has 3 heterocycles. The van der Waals surface area contributed by atoms with Gasteiger partial charge in [0.1, 0.15) is 5.75 Å². The fraction of sp³-hybridized carbons (Fsp3) is 0.368. The number of hydrogen-bond donors (Lipinski definition) is 0. The maximum absolute atomic E-state index is 12.9. The van der Waals surface area contributed by atoms with Crippen LogP contribution < -0.4 is 4.74 Å². The SMILES string of the molecule is CCOc1ccc(S(=O)(=O)N2CCN(Cn3nc4ccccn4c3=S)CC2)cc1. The molecule has 0 saturated carbocycles. The number of piperazine rings is 1. The highest BCUT2D eigenvalue weighted by molar-refractivity contribution is 7.89. The molecule has 0 unspecified atom stereocenters. The largest absolute Gasteiger partial charge is 0.494 e. The molecule has 10 heteroatoms. The summed E-state index contributed by atoms with van der Waals surface area (Å²) >= 11 is 5.49. The Kier molecular flexibility index (Phi) is 5.68. The van der Waals surface area contributed by atoms with E-state index in [1.807, 2.05) is 35.7 Å². The van der Waals surface area contributed by atoms with Crippen molar-refractivity contribution in [1.29, 1.82) is 0 Å². The first-order valence-corrected chi connectivity index (χ1v) is 11.3. The van der Waals surface area contributed by atoms with Crippen molar-refractivity contribution in [3.63, 3.8) is 0 Å². The second-order valence-electron chi connectivity index (χ2n) is 6.78. The Morgan fingerprint density at radius 1 is 1.07 bits per heavy atom. The number of rotatable bonds is 6. The van der Waals surface area contributed by atoms with Crippen molar-refractivity contribution in [3.8, 4) is 5.75 Å². The molecule has 1 saturated heterocycles. The molecule has 2 aromatic heterocycles. The Bertz CT molecular complexity index is 1150. The molecule has 0 N–H and O–H groups in total. The van der Waals surface area contributed by atoms with E-state index >= 15 is 0 Å². The van der Waals surface area contributed by atoms with E-state index in [1.165, 1.54) is 4.31 Å². The quantitative estimate of drug-likeness (QED) is 0.555. The van der Waals surface area contributed by atoms with Crippen molar-refractivity contribution in [3.05, 3.63) is 53.4 Å². The molecule has 29 heavy (non-hydrogen) atoms. The van der Waals surface area contributed by atoms with Gasteiger partial charge in [0.05, 0.1) is 18.2 Å². The summed E-state index contributed by atoms with van der Waals surface area (Å²) in [4.78, 5) is 2.45. The number of aromatic nitrogens is 3. The molecular formula is C19H23N5O3S2. The van der Waals surface area contributed by atoms with E-state index in [4.69, 9.17) is 17.0 Å². The lowest BCUT2D eigenvalue weighted by molar-refractivity contribution is 0.145. The molecule has 0 aliphatic carbocycles. The monoisotopic (exact) mass is 433 g/mol. The van der Waals surface area contributed by atoms with Gasteiger partial charge >= 0.3 is 0 Å². The molecular weight excluding hydrogens is 410 g/mol. The number of hydrogen-bond acceptors (Lipinski definition) is 6. The summed E-state index contributed by atoms with van der Waals surface area (Å²) in [5.41, 5.74) is 0.800. The smallest absolute Gasteiger partial charge is 0.243 e. The Morgan fingerprint density at radius 2 is 1.79 bits per heavy atom. The lowest BCUT2D eigenvalue weighted by atomic mass is 10.3. The van der Waals surface area contributed by atoms with Crippen LogP contribution in [0.15, 0.2) is 53.6 Å². The number of pyridine rings is 1.